The van der Waals surface area contributed by atoms with E-state index in [0.717, 1.165) is 12.8 Å². The monoisotopic (exact) mass is 487 g/mol. The van der Waals surface area contributed by atoms with Crippen LogP contribution in [-0.2, 0) is 24.8 Å². The van der Waals surface area contributed by atoms with E-state index in [1.54, 1.807) is 12.1 Å². The van der Waals surface area contributed by atoms with Crippen molar-refractivity contribution in [3.8, 4) is 0 Å². The Kier molecular flexibility index (Phi) is 7.82. The van der Waals surface area contributed by atoms with E-state index in [-0.39, 0.29) is 33.6 Å². The van der Waals surface area contributed by atoms with Crippen LogP contribution in [0.15, 0.2) is 52.3 Å². The molecule has 11 heteroatoms. The molecule has 1 aliphatic rings. The smallest absolute Gasteiger partial charge is 0.262 e. The second-order valence-electron chi connectivity index (χ2n) is 7.07. The molecule has 0 aromatic heterocycles. The van der Waals surface area contributed by atoms with E-state index >= 15 is 0 Å². The van der Waals surface area contributed by atoms with Gasteiger partial charge in [0, 0.05) is 24.7 Å². The average Bonchev–Trinajstić information content (AvgIpc) is 2.75. The largest absolute Gasteiger partial charge is 0.383 e. The molecule has 3 rings (SSSR count). The number of hydrogen-bond donors (Lipinski definition) is 2. The van der Waals surface area contributed by atoms with Gasteiger partial charge in [-0.25, -0.2) is 16.8 Å². The number of nitrogens with one attached hydrogen (secondary N) is 2. The lowest BCUT2D eigenvalue weighted by molar-refractivity contribution is 0.0730. The predicted molar refractivity (Wildman–Crippen MR) is 122 cm³/mol. The van der Waals surface area contributed by atoms with E-state index in [1.165, 1.54) is 34.6 Å². The first-order valence-corrected chi connectivity index (χ1v) is 13.3. The number of nitrogens with zero attached hydrogens (tertiary/aromatic N) is 1. The number of halogens is 1. The lowest BCUT2D eigenvalue weighted by Gasteiger charge is -2.26. The minimum Gasteiger partial charge on any atom is -0.383 e. The average molecular weight is 488 g/mol. The molecule has 0 saturated carbocycles. The molecule has 0 amide bonds. The summed E-state index contributed by atoms with van der Waals surface area (Å²) in [5.74, 6) is 0. The van der Waals surface area contributed by atoms with E-state index in [9.17, 15) is 16.8 Å². The summed E-state index contributed by atoms with van der Waals surface area (Å²) in [5, 5.41) is 3.46. The zero-order valence-electron chi connectivity index (χ0n) is 17.2. The summed E-state index contributed by atoms with van der Waals surface area (Å²) >= 11 is 5.94. The SMILES string of the molecule is CCCCNc1ccc(S(=O)(=O)N2CCOCC2)cc1NS(=O)(=O)c1cccc(Cl)c1. The van der Waals surface area contributed by atoms with Crippen LogP contribution in [0.25, 0.3) is 0 Å². The summed E-state index contributed by atoms with van der Waals surface area (Å²) in [7, 11) is -7.76. The highest BCUT2D eigenvalue weighted by molar-refractivity contribution is 7.92. The quantitative estimate of drug-likeness (QED) is 0.525. The number of ether oxygens (including phenoxy) is 1. The molecule has 2 N–H and O–H groups in total. The van der Waals surface area contributed by atoms with Gasteiger partial charge in [-0.2, -0.15) is 4.31 Å². The van der Waals surface area contributed by atoms with Crippen LogP contribution in [0.3, 0.4) is 0 Å². The third-order valence-corrected chi connectivity index (χ3v) is 8.29. The summed E-state index contributed by atoms with van der Waals surface area (Å²) in [5.41, 5.74) is 0.658. The van der Waals surface area contributed by atoms with Gasteiger partial charge in [-0.3, -0.25) is 4.72 Å². The van der Waals surface area contributed by atoms with Crippen LogP contribution >= 0.6 is 11.6 Å². The first kappa shape index (κ1) is 23.8. The summed E-state index contributed by atoms with van der Waals surface area (Å²) < 4.78 is 61.0. The Morgan fingerprint density at radius 3 is 2.42 bits per heavy atom. The molecule has 2 aromatic rings. The molecular weight excluding hydrogens is 462 g/mol. The van der Waals surface area contributed by atoms with Crippen molar-refractivity contribution in [2.24, 2.45) is 0 Å². The Morgan fingerprint density at radius 1 is 1.00 bits per heavy atom. The number of unbranched alkanes of at least 4 members (excludes halogenated alkanes) is 1. The molecule has 1 heterocycles. The van der Waals surface area contributed by atoms with Crippen molar-refractivity contribution in [2.75, 3.05) is 42.9 Å². The lowest BCUT2D eigenvalue weighted by atomic mass is 10.2. The van der Waals surface area contributed by atoms with Gasteiger partial charge in [0.2, 0.25) is 10.0 Å². The molecule has 0 radical (unpaired) electrons. The van der Waals surface area contributed by atoms with Crippen LogP contribution < -0.4 is 10.0 Å². The van der Waals surface area contributed by atoms with Crippen molar-refractivity contribution in [1.82, 2.24) is 4.31 Å². The summed E-state index contributed by atoms with van der Waals surface area (Å²) in [6.07, 6.45) is 1.84. The van der Waals surface area contributed by atoms with Gasteiger partial charge in [0.15, 0.2) is 0 Å². The van der Waals surface area contributed by atoms with E-state index in [1.807, 2.05) is 6.92 Å². The van der Waals surface area contributed by atoms with E-state index in [4.69, 9.17) is 16.3 Å². The van der Waals surface area contributed by atoms with Crippen molar-refractivity contribution >= 4 is 43.0 Å². The first-order chi connectivity index (χ1) is 14.7. The molecule has 8 nitrogen and oxygen atoms in total. The highest BCUT2D eigenvalue weighted by Gasteiger charge is 2.27. The minimum atomic E-state index is -3.98. The third-order valence-electron chi connectivity index (χ3n) is 4.80. The van der Waals surface area contributed by atoms with Crippen LogP contribution in [-0.4, -0.2) is 54.0 Å². The van der Waals surface area contributed by atoms with Crippen molar-refractivity contribution in [1.29, 1.82) is 0 Å². The standard InChI is InChI=1S/C20H26ClN3O5S2/c1-2-3-9-22-19-8-7-18(31(27,28)24-10-12-29-13-11-24)15-20(19)23-30(25,26)17-6-4-5-16(21)14-17/h4-8,14-15,22-23H,2-3,9-13H2,1H3. The van der Waals surface area contributed by atoms with Gasteiger partial charge in [0.05, 0.1) is 34.4 Å². The van der Waals surface area contributed by atoms with Crippen molar-refractivity contribution in [3.05, 3.63) is 47.5 Å². The molecule has 0 spiro atoms. The van der Waals surface area contributed by atoms with Crippen molar-refractivity contribution in [3.63, 3.8) is 0 Å². The lowest BCUT2D eigenvalue weighted by Crippen LogP contribution is -2.40. The Hall–Kier alpha value is -1.85. The molecular formula is C20H26ClN3O5S2. The molecule has 1 aliphatic heterocycles. The summed E-state index contributed by atoms with van der Waals surface area (Å²) in [6.45, 7) is 3.82. The minimum absolute atomic E-state index is 0.0130. The zero-order chi connectivity index (χ0) is 22.5. The Morgan fingerprint density at radius 2 is 1.74 bits per heavy atom. The maximum Gasteiger partial charge on any atom is 0.262 e. The maximum absolute atomic E-state index is 13.0. The van der Waals surface area contributed by atoms with Crippen LogP contribution in [0.1, 0.15) is 19.8 Å². The topological polar surface area (TPSA) is 105 Å². The van der Waals surface area contributed by atoms with E-state index < -0.39 is 20.0 Å². The number of morpholine rings is 1. The molecule has 0 atom stereocenters. The van der Waals surface area contributed by atoms with Crippen LogP contribution in [0.2, 0.25) is 5.02 Å². The molecule has 0 aliphatic carbocycles. The molecule has 1 fully saturated rings. The molecule has 170 valence electrons. The molecule has 1 saturated heterocycles. The van der Waals surface area contributed by atoms with Gasteiger partial charge in [0.1, 0.15) is 0 Å². The van der Waals surface area contributed by atoms with E-state index in [0.29, 0.717) is 25.4 Å². The number of hydrogen-bond acceptors (Lipinski definition) is 6. The fourth-order valence-electron chi connectivity index (χ4n) is 3.10. The van der Waals surface area contributed by atoms with Crippen molar-refractivity contribution < 1.29 is 21.6 Å². The van der Waals surface area contributed by atoms with Gasteiger partial charge < -0.3 is 10.1 Å². The second kappa shape index (κ2) is 10.2. The third kappa shape index (κ3) is 5.89. The summed E-state index contributed by atoms with van der Waals surface area (Å²) in [4.78, 5) is 0.000170. The Labute approximate surface area is 188 Å². The molecule has 0 unspecified atom stereocenters. The fourth-order valence-corrected chi connectivity index (χ4v) is 5.90. The van der Waals surface area contributed by atoms with Crippen LogP contribution in [0.5, 0.6) is 0 Å². The highest BCUT2D eigenvalue weighted by atomic mass is 35.5. The summed E-state index contributed by atoms with van der Waals surface area (Å²) in [6, 6.07) is 10.3. The first-order valence-electron chi connectivity index (χ1n) is 9.98. The predicted octanol–water partition coefficient (Wildman–Crippen LogP) is 3.37. The number of benzene rings is 2. The fraction of sp³-hybridized carbons (Fsp3) is 0.400. The molecule has 2 aromatic carbocycles. The number of anilines is 2. The van der Waals surface area contributed by atoms with Crippen molar-refractivity contribution in [2.45, 2.75) is 29.6 Å². The maximum atomic E-state index is 13.0. The Bertz CT molecular complexity index is 1120. The van der Waals surface area contributed by atoms with E-state index in [2.05, 4.69) is 10.0 Å². The van der Waals surface area contributed by atoms with Crippen LogP contribution in [0.4, 0.5) is 11.4 Å². The van der Waals surface area contributed by atoms with Gasteiger partial charge in [-0.1, -0.05) is 31.0 Å². The normalized spacial score (nSPS) is 15.5. The van der Waals surface area contributed by atoms with Gasteiger partial charge >= 0.3 is 0 Å². The highest BCUT2D eigenvalue weighted by Crippen LogP contribution is 2.30. The molecule has 31 heavy (non-hydrogen) atoms. The van der Waals surface area contributed by atoms with Crippen LogP contribution in [0, 0.1) is 0 Å². The van der Waals surface area contributed by atoms with Gasteiger partial charge in [-0.05, 0) is 42.8 Å². The number of rotatable bonds is 9. The van der Waals surface area contributed by atoms with Gasteiger partial charge in [-0.15, -0.1) is 0 Å². The zero-order valence-corrected chi connectivity index (χ0v) is 19.6. The number of sulfonamides is 2. The Balaban J connectivity index is 1.97. The second-order valence-corrected chi connectivity index (χ2v) is 11.1. The molecule has 0 bridgehead atoms. The van der Waals surface area contributed by atoms with Gasteiger partial charge in [0.25, 0.3) is 10.0 Å².